The van der Waals surface area contributed by atoms with Gasteiger partial charge in [0.05, 0.1) is 11.2 Å². The van der Waals surface area contributed by atoms with Crippen molar-refractivity contribution >= 4 is 8.32 Å². The molecule has 1 aliphatic heterocycles. The highest BCUT2D eigenvalue weighted by Crippen LogP contribution is 2.46. The van der Waals surface area contributed by atoms with Crippen LogP contribution in [-0.4, -0.2) is 32.9 Å². The lowest BCUT2D eigenvalue weighted by molar-refractivity contribution is -0.162. The lowest BCUT2D eigenvalue weighted by atomic mass is 9.80. The van der Waals surface area contributed by atoms with Crippen LogP contribution in [0.5, 0.6) is 0 Å². The van der Waals surface area contributed by atoms with Gasteiger partial charge in [-0.1, -0.05) is 30.3 Å². The number of hydrogen-bond acceptors (Lipinski definition) is 3. The van der Waals surface area contributed by atoms with E-state index in [1.165, 1.54) is 5.56 Å². The first-order valence-electron chi connectivity index (χ1n) is 8.12. The Morgan fingerprint density at radius 1 is 1.18 bits per heavy atom. The Kier molecular flexibility index (Phi) is 5.17. The fourth-order valence-corrected chi connectivity index (χ4v) is 4.92. The summed E-state index contributed by atoms with van der Waals surface area (Å²) in [6, 6.07) is 10.6. The summed E-state index contributed by atoms with van der Waals surface area (Å²) in [5, 5.41) is 0. The SMILES string of the molecule is COC1CC(CCc2ccccc2)(O[Si](C)(C)C)C(C)(C)O1. The van der Waals surface area contributed by atoms with E-state index < -0.39 is 8.32 Å². The van der Waals surface area contributed by atoms with Crippen LogP contribution in [0.15, 0.2) is 30.3 Å². The number of rotatable bonds is 6. The molecule has 0 amide bonds. The number of methoxy groups -OCH3 is 1. The largest absolute Gasteiger partial charge is 0.409 e. The Balaban J connectivity index is 2.22. The van der Waals surface area contributed by atoms with Crippen LogP contribution in [0.25, 0.3) is 0 Å². The first-order valence-corrected chi connectivity index (χ1v) is 11.5. The van der Waals surface area contributed by atoms with E-state index in [2.05, 4.69) is 63.8 Å². The van der Waals surface area contributed by atoms with E-state index >= 15 is 0 Å². The van der Waals surface area contributed by atoms with E-state index in [0.717, 1.165) is 19.3 Å². The highest BCUT2D eigenvalue weighted by Gasteiger charge is 2.56. The average molecular weight is 323 g/mol. The Bertz CT molecular complexity index is 481. The third-order valence-electron chi connectivity index (χ3n) is 4.44. The molecular formula is C18H30O3Si. The number of ether oxygens (including phenoxy) is 2. The molecule has 2 atom stereocenters. The normalized spacial score (nSPS) is 28.0. The minimum Gasteiger partial charge on any atom is -0.409 e. The maximum absolute atomic E-state index is 6.69. The van der Waals surface area contributed by atoms with Gasteiger partial charge in [-0.05, 0) is 51.9 Å². The molecule has 0 saturated carbocycles. The fourth-order valence-electron chi connectivity index (χ4n) is 3.32. The molecule has 0 aliphatic carbocycles. The Hall–Kier alpha value is -0.683. The smallest absolute Gasteiger partial charge is 0.184 e. The van der Waals surface area contributed by atoms with Crippen molar-refractivity contribution < 1.29 is 13.9 Å². The van der Waals surface area contributed by atoms with Crippen molar-refractivity contribution in [3.63, 3.8) is 0 Å². The molecule has 0 radical (unpaired) electrons. The zero-order valence-electron chi connectivity index (χ0n) is 14.8. The summed E-state index contributed by atoms with van der Waals surface area (Å²) >= 11 is 0. The van der Waals surface area contributed by atoms with Gasteiger partial charge in [0, 0.05) is 13.5 Å². The first-order chi connectivity index (χ1) is 10.2. The van der Waals surface area contributed by atoms with E-state index in [0.29, 0.717) is 0 Å². The van der Waals surface area contributed by atoms with Crippen molar-refractivity contribution in [3.05, 3.63) is 35.9 Å². The molecule has 1 saturated heterocycles. The van der Waals surface area contributed by atoms with Crippen LogP contribution in [0.4, 0.5) is 0 Å². The summed E-state index contributed by atoms with van der Waals surface area (Å²) in [6.07, 6.45) is 2.57. The minimum atomic E-state index is -1.70. The molecular weight excluding hydrogens is 292 g/mol. The summed E-state index contributed by atoms with van der Waals surface area (Å²) in [7, 11) is 0.0114. The van der Waals surface area contributed by atoms with E-state index in [1.807, 2.05) is 0 Å². The van der Waals surface area contributed by atoms with E-state index in [1.54, 1.807) is 7.11 Å². The molecule has 1 heterocycles. The molecule has 124 valence electrons. The van der Waals surface area contributed by atoms with Gasteiger partial charge in [0.1, 0.15) is 0 Å². The van der Waals surface area contributed by atoms with E-state index in [4.69, 9.17) is 13.9 Å². The summed E-state index contributed by atoms with van der Waals surface area (Å²) in [5.74, 6) is 0. The van der Waals surface area contributed by atoms with Crippen LogP contribution < -0.4 is 0 Å². The van der Waals surface area contributed by atoms with Crippen LogP contribution in [-0.2, 0) is 20.3 Å². The molecule has 1 fully saturated rings. The molecule has 2 unspecified atom stereocenters. The van der Waals surface area contributed by atoms with Crippen molar-refractivity contribution in [1.82, 2.24) is 0 Å². The Labute approximate surface area is 136 Å². The van der Waals surface area contributed by atoms with E-state index in [-0.39, 0.29) is 17.5 Å². The molecule has 2 rings (SSSR count). The van der Waals surface area contributed by atoms with Gasteiger partial charge in [-0.3, -0.25) is 0 Å². The van der Waals surface area contributed by atoms with Gasteiger partial charge in [0.15, 0.2) is 14.6 Å². The zero-order chi connectivity index (χ0) is 16.4. The highest BCUT2D eigenvalue weighted by molar-refractivity contribution is 6.69. The van der Waals surface area contributed by atoms with Crippen LogP contribution in [0.1, 0.15) is 32.3 Å². The maximum Gasteiger partial charge on any atom is 0.184 e. The topological polar surface area (TPSA) is 27.7 Å². The van der Waals surface area contributed by atoms with Crippen LogP contribution in [0, 0.1) is 0 Å². The predicted molar refractivity (Wildman–Crippen MR) is 92.5 cm³/mol. The summed E-state index contributed by atoms with van der Waals surface area (Å²) in [5.41, 5.74) is 0.717. The van der Waals surface area contributed by atoms with Gasteiger partial charge in [-0.25, -0.2) is 0 Å². The molecule has 0 N–H and O–H groups in total. The predicted octanol–water partition coefficient (Wildman–Crippen LogP) is 4.38. The van der Waals surface area contributed by atoms with Crippen LogP contribution in [0.3, 0.4) is 0 Å². The second-order valence-corrected chi connectivity index (χ2v) is 12.1. The minimum absolute atomic E-state index is 0.179. The average Bonchev–Trinajstić information content (AvgIpc) is 2.67. The summed E-state index contributed by atoms with van der Waals surface area (Å²) < 4.78 is 18.3. The number of aryl methyl sites for hydroxylation is 1. The van der Waals surface area contributed by atoms with E-state index in [9.17, 15) is 0 Å². The second-order valence-electron chi connectivity index (χ2n) is 7.69. The Morgan fingerprint density at radius 2 is 1.82 bits per heavy atom. The molecule has 0 aromatic heterocycles. The van der Waals surface area contributed by atoms with Gasteiger partial charge < -0.3 is 13.9 Å². The summed E-state index contributed by atoms with van der Waals surface area (Å²) in [4.78, 5) is 0. The van der Waals surface area contributed by atoms with Gasteiger partial charge in [-0.15, -0.1) is 0 Å². The first kappa shape index (κ1) is 17.7. The van der Waals surface area contributed by atoms with Crippen molar-refractivity contribution in [1.29, 1.82) is 0 Å². The zero-order valence-corrected chi connectivity index (χ0v) is 15.8. The van der Waals surface area contributed by atoms with Gasteiger partial charge >= 0.3 is 0 Å². The molecule has 4 heteroatoms. The molecule has 3 nitrogen and oxygen atoms in total. The lowest BCUT2D eigenvalue weighted by Gasteiger charge is -2.44. The fraction of sp³-hybridized carbons (Fsp3) is 0.667. The molecule has 0 spiro atoms. The van der Waals surface area contributed by atoms with Gasteiger partial charge in [-0.2, -0.15) is 0 Å². The highest BCUT2D eigenvalue weighted by atomic mass is 28.4. The maximum atomic E-state index is 6.69. The quantitative estimate of drug-likeness (QED) is 0.727. The van der Waals surface area contributed by atoms with Crippen LogP contribution >= 0.6 is 0 Å². The lowest BCUT2D eigenvalue weighted by Crippen LogP contribution is -2.54. The van der Waals surface area contributed by atoms with Crippen molar-refractivity contribution in [2.24, 2.45) is 0 Å². The molecule has 22 heavy (non-hydrogen) atoms. The standard InChI is InChI=1S/C18H30O3Si/c1-17(2)18(21-22(4,5)6,14-16(19-3)20-17)13-12-15-10-8-7-9-11-15/h7-11,16H,12-14H2,1-6H3. The summed E-state index contributed by atoms with van der Waals surface area (Å²) in [6.45, 7) is 11.0. The van der Waals surface area contributed by atoms with Crippen molar-refractivity contribution in [2.45, 2.75) is 70.2 Å². The van der Waals surface area contributed by atoms with Crippen molar-refractivity contribution in [2.75, 3.05) is 7.11 Å². The third-order valence-corrected chi connectivity index (χ3v) is 5.45. The second kappa shape index (κ2) is 6.44. The van der Waals surface area contributed by atoms with Crippen molar-refractivity contribution in [3.8, 4) is 0 Å². The van der Waals surface area contributed by atoms with Gasteiger partial charge in [0.2, 0.25) is 0 Å². The molecule has 0 bridgehead atoms. The Morgan fingerprint density at radius 3 is 2.32 bits per heavy atom. The molecule has 1 aliphatic rings. The number of hydrogen-bond donors (Lipinski definition) is 0. The molecule has 1 aromatic carbocycles. The third kappa shape index (κ3) is 3.99. The monoisotopic (exact) mass is 322 g/mol. The number of benzene rings is 1. The van der Waals surface area contributed by atoms with Crippen LogP contribution in [0.2, 0.25) is 19.6 Å². The molecule has 1 aromatic rings. The van der Waals surface area contributed by atoms with Gasteiger partial charge in [0.25, 0.3) is 0 Å².